The van der Waals surface area contributed by atoms with E-state index in [1.807, 2.05) is 53.8 Å². The van der Waals surface area contributed by atoms with Crippen molar-refractivity contribution >= 4 is 0 Å². The van der Waals surface area contributed by atoms with Gasteiger partial charge in [-0.15, -0.1) is 0 Å². The quantitative estimate of drug-likeness (QED) is 0.667. The molecule has 0 bridgehead atoms. The summed E-state index contributed by atoms with van der Waals surface area (Å²) in [6.07, 6.45) is 4.94. The van der Waals surface area contributed by atoms with E-state index < -0.39 is 0 Å². The van der Waals surface area contributed by atoms with Gasteiger partial charge in [-0.1, -0.05) is 53.0 Å². The zero-order valence-corrected chi connectivity index (χ0v) is 11.5. The van der Waals surface area contributed by atoms with Crippen LogP contribution in [0.2, 0.25) is 0 Å². The van der Waals surface area contributed by atoms with Gasteiger partial charge in [-0.25, -0.2) is 0 Å². The second kappa shape index (κ2) is 18.9. The molecule has 0 aromatic heterocycles. The topological polar surface area (TPSA) is 12.0 Å². The van der Waals surface area contributed by atoms with Gasteiger partial charge in [-0.05, 0) is 38.1 Å². The second-order valence-electron chi connectivity index (χ2n) is 2.48. The van der Waals surface area contributed by atoms with Crippen LogP contribution in [-0.4, -0.2) is 13.6 Å². The fourth-order valence-electron chi connectivity index (χ4n) is 0.755. The zero-order chi connectivity index (χ0) is 12.7. The molecule has 0 aliphatic heterocycles. The van der Waals surface area contributed by atoms with Gasteiger partial charge in [-0.2, -0.15) is 0 Å². The molecule has 0 aliphatic carbocycles. The maximum atomic E-state index is 3.92. The molecule has 0 amide bonds. The lowest BCUT2D eigenvalue weighted by Gasteiger charge is -2.03. The number of nitrogens with one attached hydrogen (secondary N) is 1. The first-order valence-corrected chi connectivity index (χ1v) is 5.86. The van der Waals surface area contributed by atoms with Gasteiger partial charge in [0, 0.05) is 0 Å². The van der Waals surface area contributed by atoms with Crippen molar-refractivity contribution < 1.29 is 0 Å². The maximum absolute atomic E-state index is 3.92. The average Bonchev–Trinajstić information content (AvgIpc) is 2.31. The Morgan fingerprint density at radius 2 is 1.60 bits per heavy atom. The van der Waals surface area contributed by atoms with Crippen molar-refractivity contribution in [2.75, 3.05) is 13.6 Å². The highest BCUT2D eigenvalue weighted by Crippen LogP contribution is 2.09. The standard InChI is InChI=1S/C10H17N.2C2H6/c1-5-6-9(2)10(3)7-8-11-4;2*1-2/h5-6,11H,2-3,7-8H2,1,4H3;2*1-2H3/b6-5-;;. The van der Waals surface area contributed by atoms with Crippen molar-refractivity contribution in [3.05, 3.63) is 36.5 Å². The molecule has 0 atom stereocenters. The summed E-state index contributed by atoms with van der Waals surface area (Å²) in [6, 6.07) is 0. The van der Waals surface area contributed by atoms with Crippen LogP contribution in [0.4, 0.5) is 0 Å². The van der Waals surface area contributed by atoms with Crippen LogP contribution in [0.3, 0.4) is 0 Å². The molecule has 0 aliphatic rings. The van der Waals surface area contributed by atoms with Crippen LogP contribution in [-0.2, 0) is 0 Å². The lowest BCUT2D eigenvalue weighted by Crippen LogP contribution is -2.08. The molecule has 0 aromatic carbocycles. The minimum atomic E-state index is 0.968. The molecule has 0 saturated heterocycles. The Bertz CT molecular complexity index is 166. The van der Waals surface area contributed by atoms with Gasteiger partial charge >= 0.3 is 0 Å². The number of hydrogen-bond donors (Lipinski definition) is 1. The summed E-state index contributed by atoms with van der Waals surface area (Å²) in [5.74, 6) is 0. The Hall–Kier alpha value is -0.820. The van der Waals surface area contributed by atoms with Crippen LogP contribution in [0, 0.1) is 0 Å². The molecule has 1 heteroatoms. The summed E-state index contributed by atoms with van der Waals surface area (Å²) >= 11 is 0. The third kappa shape index (κ3) is 15.9. The number of rotatable bonds is 5. The Morgan fingerprint density at radius 1 is 1.13 bits per heavy atom. The van der Waals surface area contributed by atoms with Gasteiger partial charge in [0.15, 0.2) is 0 Å². The maximum Gasteiger partial charge on any atom is -0.00114 e. The van der Waals surface area contributed by atoms with Crippen molar-refractivity contribution in [3.8, 4) is 0 Å². The third-order valence-corrected chi connectivity index (χ3v) is 1.50. The molecule has 0 heterocycles. The minimum absolute atomic E-state index is 0.968. The number of hydrogen-bond acceptors (Lipinski definition) is 1. The molecule has 0 radical (unpaired) electrons. The number of allylic oxidation sites excluding steroid dienone is 3. The van der Waals surface area contributed by atoms with Crippen LogP contribution < -0.4 is 5.32 Å². The van der Waals surface area contributed by atoms with E-state index in [1.165, 1.54) is 0 Å². The summed E-state index contributed by atoms with van der Waals surface area (Å²) in [5.41, 5.74) is 2.14. The summed E-state index contributed by atoms with van der Waals surface area (Å²) in [7, 11) is 1.94. The van der Waals surface area contributed by atoms with E-state index in [2.05, 4.69) is 18.5 Å². The smallest absolute Gasteiger partial charge is 0.00114 e. The van der Waals surface area contributed by atoms with Crippen LogP contribution >= 0.6 is 0 Å². The van der Waals surface area contributed by atoms with Crippen molar-refractivity contribution in [1.29, 1.82) is 0 Å². The average molecular weight is 211 g/mol. The molecule has 15 heavy (non-hydrogen) atoms. The van der Waals surface area contributed by atoms with E-state index in [0.29, 0.717) is 0 Å². The van der Waals surface area contributed by atoms with Gasteiger partial charge in [0.1, 0.15) is 0 Å². The van der Waals surface area contributed by atoms with E-state index in [9.17, 15) is 0 Å². The van der Waals surface area contributed by atoms with E-state index in [1.54, 1.807) is 0 Å². The van der Waals surface area contributed by atoms with Crippen LogP contribution in [0.25, 0.3) is 0 Å². The molecule has 1 nitrogen and oxygen atoms in total. The predicted molar refractivity (Wildman–Crippen MR) is 74.3 cm³/mol. The van der Waals surface area contributed by atoms with Crippen molar-refractivity contribution in [3.63, 3.8) is 0 Å². The van der Waals surface area contributed by atoms with Gasteiger partial charge in [0.05, 0.1) is 0 Å². The van der Waals surface area contributed by atoms with Gasteiger partial charge < -0.3 is 5.32 Å². The van der Waals surface area contributed by atoms with Gasteiger partial charge in [-0.3, -0.25) is 0 Å². The van der Waals surface area contributed by atoms with E-state index in [4.69, 9.17) is 0 Å². The van der Waals surface area contributed by atoms with Crippen molar-refractivity contribution in [2.45, 2.75) is 41.0 Å². The molecular formula is C14H29N. The fourth-order valence-corrected chi connectivity index (χ4v) is 0.755. The Labute approximate surface area is 97.0 Å². The largest absolute Gasteiger partial charge is 0.319 e. The van der Waals surface area contributed by atoms with E-state index in [-0.39, 0.29) is 0 Å². The van der Waals surface area contributed by atoms with Crippen molar-refractivity contribution in [1.82, 2.24) is 5.32 Å². The van der Waals surface area contributed by atoms with Gasteiger partial charge in [0.2, 0.25) is 0 Å². The van der Waals surface area contributed by atoms with E-state index in [0.717, 1.165) is 24.1 Å². The molecule has 0 rings (SSSR count). The Balaban J connectivity index is -0.000000318. The SMILES string of the molecule is C=C(/C=C\C)C(=C)CCNC.CC.CC. The summed E-state index contributed by atoms with van der Waals surface area (Å²) in [6.45, 7) is 18.8. The molecular weight excluding hydrogens is 182 g/mol. The lowest BCUT2D eigenvalue weighted by molar-refractivity contribution is 0.792. The van der Waals surface area contributed by atoms with E-state index >= 15 is 0 Å². The zero-order valence-electron chi connectivity index (χ0n) is 11.5. The molecule has 0 aromatic rings. The summed E-state index contributed by atoms with van der Waals surface area (Å²) in [4.78, 5) is 0. The monoisotopic (exact) mass is 211 g/mol. The molecule has 0 unspecified atom stereocenters. The Morgan fingerprint density at radius 3 is 1.93 bits per heavy atom. The third-order valence-electron chi connectivity index (χ3n) is 1.50. The fraction of sp³-hybridized carbons (Fsp3) is 0.571. The van der Waals surface area contributed by atoms with Gasteiger partial charge in [0.25, 0.3) is 0 Å². The first-order chi connectivity index (χ1) is 7.22. The highest BCUT2D eigenvalue weighted by Gasteiger charge is 1.93. The van der Waals surface area contributed by atoms with Crippen molar-refractivity contribution in [2.24, 2.45) is 0 Å². The highest BCUT2D eigenvalue weighted by molar-refractivity contribution is 5.34. The molecule has 1 N–H and O–H groups in total. The predicted octanol–water partition coefficient (Wildman–Crippen LogP) is 4.34. The first-order valence-electron chi connectivity index (χ1n) is 5.86. The highest BCUT2D eigenvalue weighted by atomic mass is 14.8. The lowest BCUT2D eigenvalue weighted by atomic mass is 10.1. The second-order valence-corrected chi connectivity index (χ2v) is 2.48. The van der Waals surface area contributed by atoms with Crippen LogP contribution in [0.1, 0.15) is 41.0 Å². The molecule has 90 valence electrons. The minimum Gasteiger partial charge on any atom is -0.319 e. The van der Waals surface area contributed by atoms with Crippen LogP contribution in [0.15, 0.2) is 36.5 Å². The van der Waals surface area contributed by atoms with Crippen LogP contribution in [0.5, 0.6) is 0 Å². The molecule has 0 spiro atoms. The summed E-state index contributed by atoms with van der Waals surface area (Å²) in [5, 5.41) is 3.07. The first kappa shape index (κ1) is 19.7. The normalized spacial score (nSPS) is 8.40. The molecule has 0 fully saturated rings. The molecule has 0 saturated carbocycles. The Kier molecular flexibility index (Phi) is 24.8. The summed E-state index contributed by atoms with van der Waals surface area (Å²) < 4.78 is 0.